The van der Waals surface area contributed by atoms with Crippen molar-refractivity contribution < 1.29 is 9.66 Å². The van der Waals surface area contributed by atoms with Crippen molar-refractivity contribution in [1.82, 2.24) is 5.32 Å². The summed E-state index contributed by atoms with van der Waals surface area (Å²) in [6.45, 7) is 2.91. The molecule has 108 valence electrons. The molecule has 1 heterocycles. The second-order valence-corrected chi connectivity index (χ2v) is 5.16. The molecule has 0 saturated heterocycles. The molecule has 3 rings (SSSR count). The van der Waals surface area contributed by atoms with Crippen LogP contribution in [0, 0.1) is 17.0 Å². The number of aryl methyl sites for hydroxylation is 1. The van der Waals surface area contributed by atoms with Crippen LogP contribution in [0.1, 0.15) is 22.7 Å². The monoisotopic (exact) mass is 284 g/mol. The maximum Gasteiger partial charge on any atom is 0.272 e. The molecule has 0 aliphatic carbocycles. The number of rotatable bonds is 4. The summed E-state index contributed by atoms with van der Waals surface area (Å²) in [5.41, 5.74) is 2.88. The molecule has 1 aliphatic rings. The normalized spacial score (nSPS) is 16.3. The molecule has 1 unspecified atom stereocenters. The van der Waals surface area contributed by atoms with Gasteiger partial charge in [0.1, 0.15) is 12.4 Å². The standard InChI is InChI=1S/C16H16N2O3/c1-11-6-7-12(8-15(11)18(19)20)9-17-14-10-21-16-5-3-2-4-13(14)16/h2-8,14,17H,9-10H2,1H3. The third kappa shape index (κ3) is 2.73. The smallest absolute Gasteiger partial charge is 0.272 e. The topological polar surface area (TPSA) is 64.4 Å². The van der Waals surface area contributed by atoms with Crippen molar-refractivity contribution >= 4 is 5.69 Å². The summed E-state index contributed by atoms with van der Waals surface area (Å²) in [5.74, 6) is 0.907. The van der Waals surface area contributed by atoms with Crippen molar-refractivity contribution in [3.05, 3.63) is 69.3 Å². The Labute approximate surface area is 122 Å². The fraction of sp³-hybridized carbons (Fsp3) is 0.250. The van der Waals surface area contributed by atoms with Gasteiger partial charge in [-0.05, 0) is 18.6 Å². The number of hydrogen-bond donors (Lipinski definition) is 1. The summed E-state index contributed by atoms with van der Waals surface area (Å²) in [6, 6.07) is 13.4. The molecule has 1 N–H and O–H groups in total. The molecule has 2 aromatic rings. The highest BCUT2D eigenvalue weighted by Crippen LogP contribution is 2.32. The number of nitro groups is 1. The number of fused-ring (bicyclic) bond motifs is 1. The summed E-state index contributed by atoms with van der Waals surface area (Å²) < 4.78 is 5.61. The van der Waals surface area contributed by atoms with Gasteiger partial charge >= 0.3 is 0 Å². The van der Waals surface area contributed by atoms with Crippen LogP contribution in [0.5, 0.6) is 5.75 Å². The molecule has 5 heteroatoms. The first-order valence-electron chi connectivity index (χ1n) is 6.84. The Balaban J connectivity index is 1.72. The van der Waals surface area contributed by atoms with Gasteiger partial charge in [-0.15, -0.1) is 0 Å². The molecule has 1 aliphatic heterocycles. The van der Waals surface area contributed by atoms with E-state index in [1.165, 1.54) is 0 Å². The Hall–Kier alpha value is -2.40. The van der Waals surface area contributed by atoms with Crippen LogP contribution < -0.4 is 10.1 Å². The van der Waals surface area contributed by atoms with Crippen molar-refractivity contribution in [2.75, 3.05) is 6.61 Å². The minimum Gasteiger partial charge on any atom is -0.491 e. The first kappa shape index (κ1) is 13.6. The number of nitrogens with zero attached hydrogens (tertiary/aromatic N) is 1. The highest BCUT2D eigenvalue weighted by Gasteiger charge is 2.23. The number of nitro benzene ring substituents is 1. The Morgan fingerprint density at radius 2 is 2.14 bits per heavy atom. The number of nitrogens with one attached hydrogen (secondary N) is 1. The Morgan fingerprint density at radius 1 is 1.33 bits per heavy atom. The lowest BCUT2D eigenvalue weighted by Gasteiger charge is -2.12. The molecule has 2 aromatic carbocycles. The van der Waals surface area contributed by atoms with Gasteiger partial charge in [0.05, 0.1) is 11.0 Å². The van der Waals surface area contributed by atoms with E-state index in [9.17, 15) is 10.1 Å². The average molecular weight is 284 g/mol. The molecule has 0 saturated carbocycles. The summed E-state index contributed by atoms with van der Waals surface area (Å²) in [5, 5.41) is 14.4. The second-order valence-electron chi connectivity index (χ2n) is 5.16. The molecule has 0 aromatic heterocycles. The van der Waals surface area contributed by atoms with Gasteiger partial charge in [0, 0.05) is 23.7 Å². The van der Waals surface area contributed by atoms with E-state index >= 15 is 0 Å². The van der Waals surface area contributed by atoms with Crippen LogP contribution >= 0.6 is 0 Å². The maximum absolute atomic E-state index is 11.0. The zero-order chi connectivity index (χ0) is 14.8. The predicted octanol–water partition coefficient (Wildman–Crippen LogP) is 3.13. The van der Waals surface area contributed by atoms with Crippen molar-refractivity contribution in [3.8, 4) is 5.75 Å². The highest BCUT2D eigenvalue weighted by atomic mass is 16.6. The van der Waals surface area contributed by atoms with Gasteiger partial charge in [-0.25, -0.2) is 0 Å². The lowest BCUT2D eigenvalue weighted by molar-refractivity contribution is -0.385. The zero-order valence-electron chi connectivity index (χ0n) is 11.7. The van der Waals surface area contributed by atoms with E-state index in [-0.39, 0.29) is 16.7 Å². The van der Waals surface area contributed by atoms with Crippen molar-refractivity contribution in [3.63, 3.8) is 0 Å². The summed E-state index contributed by atoms with van der Waals surface area (Å²) in [4.78, 5) is 10.6. The molecular formula is C16H16N2O3. The summed E-state index contributed by atoms with van der Waals surface area (Å²) in [6.07, 6.45) is 0. The minimum atomic E-state index is -0.340. The van der Waals surface area contributed by atoms with Crippen LogP contribution in [-0.4, -0.2) is 11.5 Å². The van der Waals surface area contributed by atoms with Crippen LogP contribution in [0.3, 0.4) is 0 Å². The van der Waals surface area contributed by atoms with Crippen LogP contribution in [0.15, 0.2) is 42.5 Å². The fourth-order valence-electron chi connectivity index (χ4n) is 2.53. The van der Waals surface area contributed by atoms with E-state index < -0.39 is 0 Å². The summed E-state index contributed by atoms with van der Waals surface area (Å²) in [7, 11) is 0. The lowest BCUT2D eigenvalue weighted by Crippen LogP contribution is -2.22. The van der Waals surface area contributed by atoms with Crippen LogP contribution in [0.25, 0.3) is 0 Å². The third-order valence-electron chi connectivity index (χ3n) is 3.72. The molecule has 0 spiro atoms. The van der Waals surface area contributed by atoms with Gasteiger partial charge in [-0.2, -0.15) is 0 Å². The first-order chi connectivity index (χ1) is 10.1. The highest BCUT2D eigenvalue weighted by molar-refractivity contribution is 5.43. The molecule has 1 atom stereocenters. The molecular weight excluding hydrogens is 268 g/mol. The Bertz CT molecular complexity index is 685. The molecule has 21 heavy (non-hydrogen) atoms. The molecule has 0 amide bonds. The lowest BCUT2D eigenvalue weighted by atomic mass is 10.1. The van der Waals surface area contributed by atoms with Crippen molar-refractivity contribution in [2.45, 2.75) is 19.5 Å². The molecule has 0 radical (unpaired) electrons. The van der Waals surface area contributed by atoms with Gasteiger partial charge in [0.2, 0.25) is 0 Å². The van der Waals surface area contributed by atoms with E-state index in [0.29, 0.717) is 18.7 Å². The average Bonchev–Trinajstić information content (AvgIpc) is 2.89. The number of hydrogen-bond acceptors (Lipinski definition) is 4. The number of para-hydroxylation sites is 1. The van der Waals surface area contributed by atoms with E-state index in [1.807, 2.05) is 30.3 Å². The first-order valence-corrected chi connectivity index (χ1v) is 6.84. The molecule has 5 nitrogen and oxygen atoms in total. The second kappa shape index (κ2) is 5.54. The van der Waals surface area contributed by atoms with Crippen LogP contribution in [-0.2, 0) is 6.54 Å². The summed E-state index contributed by atoms with van der Waals surface area (Å²) >= 11 is 0. The van der Waals surface area contributed by atoms with Gasteiger partial charge < -0.3 is 10.1 Å². The van der Waals surface area contributed by atoms with Crippen molar-refractivity contribution in [2.24, 2.45) is 0 Å². The Morgan fingerprint density at radius 3 is 2.95 bits per heavy atom. The van der Waals surface area contributed by atoms with Crippen molar-refractivity contribution in [1.29, 1.82) is 0 Å². The van der Waals surface area contributed by atoms with E-state index in [1.54, 1.807) is 19.1 Å². The maximum atomic E-state index is 11.0. The van der Waals surface area contributed by atoms with E-state index in [0.717, 1.165) is 16.9 Å². The predicted molar refractivity (Wildman–Crippen MR) is 79.4 cm³/mol. The zero-order valence-corrected chi connectivity index (χ0v) is 11.7. The van der Waals surface area contributed by atoms with Crippen LogP contribution in [0.2, 0.25) is 0 Å². The molecule has 0 fully saturated rings. The van der Waals surface area contributed by atoms with Crippen LogP contribution in [0.4, 0.5) is 5.69 Å². The van der Waals surface area contributed by atoms with Gasteiger partial charge in [0.25, 0.3) is 5.69 Å². The fourth-order valence-corrected chi connectivity index (χ4v) is 2.53. The number of ether oxygens (including phenoxy) is 1. The minimum absolute atomic E-state index is 0.126. The van der Waals surface area contributed by atoms with Gasteiger partial charge in [0.15, 0.2) is 0 Å². The largest absolute Gasteiger partial charge is 0.491 e. The van der Waals surface area contributed by atoms with E-state index in [4.69, 9.17) is 4.74 Å². The van der Waals surface area contributed by atoms with E-state index in [2.05, 4.69) is 5.32 Å². The molecule has 0 bridgehead atoms. The quantitative estimate of drug-likeness (QED) is 0.692. The SMILES string of the molecule is Cc1ccc(CNC2COc3ccccc32)cc1[N+](=O)[O-]. The number of benzene rings is 2. The third-order valence-corrected chi connectivity index (χ3v) is 3.72. The van der Waals surface area contributed by atoms with Gasteiger partial charge in [-0.3, -0.25) is 10.1 Å². The van der Waals surface area contributed by atoms with Gasteiger partial charge in [-0.1, -0.05) is 30.3 Å². The Kier molecular flexibility index (Phi) is 3.58.